The third kappa shape index (κ3) is 3.38. The van der Waals surface area contributed by atoms with Crippen LogP contribution in [-0.2, 0) is 21.7 Å². The molecule has 5 heterocycles. The lowest BCUT2D eigenvalue weighted by molar-refractivity contribution is -0.139. The molecule has 3 fully saturated rings. The van der Waals surface area contributed by atoms with Crippen LogP contribution in [0.15, 0.2) is 42.7 Å². The van der Waals surface area contributed by atoms with Crippen LogP contribution >= 0.6 is 0 Å². The van der Waals surface area contributed by atoms with Crippen LogP contribution in [-0.4, -0.2) is 76.7 Å². The van der Waals surface area contributed by atoms with Gasteiger partial charge in [0, 0.05) is 55.9 Å². The first-order valence-corrected chi connectivity index (χ1v) is 12.9. The second-order valence-corrected chi connectivity index (χ2v) is 10.1. The quantitative estimate of drug-likeness (QED) is 0.751. The van der Waals surface area contributed by atoms with Crippen molar-refractivity contribution in [1.82, 2.24) is 24.9 Å². The Morgan fingerprint density at radius 1 is 1.03 bits per heavy atom. The molecule has 3 saturated heterocycles. The average Bonchev–Trinajstić information content (AvgIpc) is 3.61. The van der Waals surface area contributed by atoms with Crippen LogP contribution in [0.25, 0.3) is 0 Å². The Kier molecular flexibility index (Phi) is 5.65. The summed E-state index contributed by atoms with van der Waals surface area (Å²) < 4.78 is 1.97. The molecule has 4 aliphatic heterocycles. The Bertz CT molecular complexity index is 1060. The molecule has 1 N–H and O–H groups in total. The van der Waals surface area contributed by atoms with Crippen molar-refractivity contribution in [2.24, 2.45) is 5.92 Å². The van der Waals surface area contributed by atoms with Gasteiger partial charge in [-0.25, -0.2) is 0 Å². The van der Waals surface area contributed by atoms with Crippen molar-refractivity contribution in [3.63, 3.8) is 0 Å². The fourth-order valence-corrected chi connectivity index (χ4v) is 6.89. The van der Waals surface area contributed by atoms with Crippen molar-refractivity contribution in [1.29, 1.82) is 0 Å². The smallest absolute Gasteiger partial charge is 0.253 e. The lowest BCUT2D eigenvalue weighted by Crippen LogP contribution is -2.57. The van der Waals surface area contributed by atoms with E-state index >= 15 is 0 Å². The minimum absolute atomic E-state index is 0.0465. The van der Waals surface area contributed by atoms with Gasteiger partial charge in [-0.3, -0.25) is 19.2 Å². The summed E-state index contributed by atoms with van der Waals surface area (Å²) in [6.45, 7) is 5.77. The number of para-hydroxylation sites is 1. The number of amides is 2. The summed E-state index contributed by atoms with van der Waals surface area (Å²) in [5.74, 6) is -0.165. The van der Waals surface area contributed by atoms with E-state index in [4.69, 9.17) is 0 Å². The van der Waals surface area contributed by atoms with Crippen LogP contribution in [0.5, 0.6) is 0 Å². The molecule has 0 radical (unpaired) electrons. The molecule has 8 nitrogen and oxygen atoms in total. The molecule has 34 heavy (non-hydrogen) atoms. The molecule has 4 aliphatic rings. The van der Waals surface area contributed by atoms with Gasteiger partial charge in [0.2, 0.25) is 5.91 Å². The Balaban J connectivity index is 1.30. The molecule has 1 aromatic carbocycles. The summed E-state index contributed by atoms with van der Waals surface area (Å²) >= 11 is 0. The molecule has 1 spiro atoms. The molecular formula is C26H34N6O2. The van der Waals surface area contributed by atoms with Crippen molar-refractivity contribution in [3.8, 4) is 0 Å². The number of nitrogens with one attached hydrogen (secondary N) is 1. The number of aryl methyl sites for hydroxylation is 1. The largest absolute Gasteiger partial charge is 0.356 e. The third-order valence-electron chi connectivity index (χ3n) is 8.35. The molecule has 1 aromatic heterocycles. The van der Waals surface area contributed by atoms with Crippen LogP contribution < -0.4 is 10.2 Å². The summed E-state index contributed by atoms with van der Waals surface area (Å²) in [4.78, 5) is 34.7. The molecular weight excluding hydrogens is 428 g/mol. The van der Waals surface area contributed by atoms with E-state index in [1.54, 1.807) is 0 Å². The zero-order valence-electron chi connectivity index (χ0n) is 19.7. The van der Waals surface area contributed by atoms with Gasteiger partial charge in [0.15, 0.2) is 0 Å². The van der Waals surface area contributed by atoms with Crippen molar-refractivity contribution in [2.75, 3.05) is 44.2 Å². The second-order valence-electron chi connectivity index (χ2n) is 10.1. The first kappa shape index (κ1) is 21.8. The minimum atomic E-state index is -0.841. The van der Waals surface area contributed by atoms with Crippen molar-refractivity contribution in [2.45, 2.75) is 50.2 Å². The van der Waals surface area contributed by atoms with Gasteiger partial charge in [-0.05, 0) is 63.9 Å². The maximum Gasteiger partial charge on any atom is 0.253 e. The number of nitrogens with zero attached hydrogens (tertiary/aromatic N) is 5. The lowest BCUT2D eigenvalue weighted by atomic mass is 9.78. The van der Waals surface area contributed by atoms with Gasteiger partial charge in [-0.15, -0.1) is 0 Å². The van der Waals surface area contributed by atoms with E-state index < -0.39 is 5.54 Å². The summed E-state index contributed by atoms with van der Waals surface area (Å²) in [5.41, 5.74) is 1.19. The summed E-state index contributed by atoms with van der Waals surface area (Å²) in [6.07, 6.45) is 8.67. The number of hydrogen-bond acceptors (Lipinski definition) is 5. The van der Waals surface area contributed by atoms with Gasteiger partial charge in [0.1, 0.15) is 5.54 Å². The van der Waals surface area contributed by atoms with Crippen LogP contribution in [0, 0.1) is 5.92 Å². The van der Waals surface area contributed by atoms with Crippen molar-refractivity contribution in [3.05, 3.63) is 48.3 Å². The van der Waals surface area contributed by atoms with Gasteiger partial charge < -0.3 is 15.1 Å². The molecule has 180 valence electrons. The lowest BCUT2D eigenvalue weighted by Gasteiger charge is -2.38. The van der Waals surface area contributed by atoms with Crippen LogP contribution in [0.1, 0.15) is 37.7 Å². The standard InChI is InChI=1S/C26H34N6O2/c33-24-22-19-20-7-3-16-32(20)26(22)21-8-1-2-9-23(21)31(25(26)34)18-17-29(12-4-10-27-24)13-6-15-30-14-5-11-28-30/h1-2,5,8-9,11,14,20,22H,3-4,6-7,10,12-13,15-19H2,(H,27,33)/t20-,22-,26+/m0/s1. The number of carbonyl (C=O) groups excluding carboxylic acids is 2. The van der Waals surface area contributed by atoms with E-state index in [-0.39, 0.29) is 17.7 Å². The van der Waals surface area contributed by atoms with E-state index in [1.165, 1.54) is 0 Å². The van der Waals surface area contributed by atoms with Gasteiger partial charge >= 0.3 is 0 Å². The van der Waals surface area contributed by atoms with Crippen LogP contribution in [0.4, 0.5) is 5.69 Å². The Morgan fingerprint density at radius 2 is 1.94 bits per heavy atom. The van der Waals surface area contributed by atoms with E-state index in [9.17, 15) is 9.59 Å². The summed E-state index contributed by atoms with van der Waals surface area (Å²) in [6, 6.07) is 10.5. The topological polar surface area (TPSA) is 73.7 Å². The zero-order valence-corrected chi connectivity index (χ0v) is 19.7. The molecule has 2 aromatic rings. The predicted octanol–water partition coefficient (Wildman–Crippen LogP) is 1.82. The summed E-state index contributed by atoms with van der Waals surface area (Å²) in [7, 11) is 0. The third-order valence-corrected chi connectivity index (χ3v) is 8.35. The molecule has 3 atom stereocenters. The van der Waals surface area contributed by atoms with Gasteiger partial charge in [-0.2, -0.15) is 5.10 Å². The van der Waals surface area contributed by atoms with Crippen molar-refractivity contribution >= 4 is 17.5 Å². The number of hydrogen-bond donors (Lipinski definition) is 1. The van der Waals surface area contributed by atoms with Gasteiger partial charge in [-0.1, -0.05) is 18.2 Å². The van der Waals surface area contributed by atoms with Gasteiger partial charge in [0.05, 0.1) is 5.92 Å². The Hall–Kier alpha value is -2.71. The summed E-state index contributed by atoms with van der Waals surface area (Å²) in [5, 5.41) is 7.52. The molecule has 0 unspecified atom stereocenters. The Morgan fingerprint density at radius 3 is 2.82 bits per heavy atom. The second kappa shape index (κ2) is 8.82. The molecule has 2 amide bonds. The number of benzene rings is 1. The minimum Gasteiger partial charge on any atom is -0.356 e. The van der Waals surface area contributed by atoms with Gasteiger partial charge in [0.25, 0.3) is 5.91 Å². The molecule has 6 rings (SSSR count). The Labute approximate surface area is 200 Å². The molecule has 0 saturated carbocycles. The van der Waals surface area contributed by atoms with E-state index in [2.05, 4.69) is 32.3 Å². The van der Waals surface area contributed by atoms with Crippen LogP contribution in [0.3, 0.4) is 0 Å². The fourth-order valence-electron chi connectivity index (χ4n) is 6.89. The maximum absolute atomic E-state index is 14.3. The number of fused-ring (bicyclic) bond motifs is 4. The number of carbonyl (C=O) groups is 2. The number of rotatable bonds is 4. The first-order valence-electron chi connectivity index (χ1n) is 12.9. The number of anilines is 1. The van der Waals surface area contributed by atoms with E-state index in [1.807, 2.05) is 40.2 Å². The van der Waals surface area contributed by atoms with Crippen LogP contribution in [0.2, 0.25) is 0 Å². The van der Waals surface area contributed by atoms with E-state index in [0.29, 0.717) is 19.1 Å². The highest BCUT2D eigenvalue weighted by Crippen LogP contribution is 2.56. The zero-order chi connectivity index (χ0) is 23.1. The van der Waals surface area contributed by atoms with E-state index in [0.717, 1.165) is 76.1 Å². The highest BCUT2D eigenvalue weighted by Gasteiger charge is 2.67. The molecule has 8 heteroatoms. The fraction of sp³-hybridized carbons (Fsp3) is 0.577. The highest BCUT2D eigenvalue weighted by atomic mass is 16.2. The first-order chi connectivity index (χ1) is 16.7. The SMILES string of the molecule is O=C1NCCCN(CCCn2cccn2)CCN2C(=O)[C@@]3(c4ccccc42)[C@H]1C[C@@H]1CCCN13. The molecule has 0 aliphatic carbocycles. The predicted molar refractivity (Wildman–Crippen MR) is 129 cm³/mol. The normalized spacial score (nSPS) is 29.8. The average molecular weight is 463 g/mol. The van der Waals surface area contributed by atoms with Crippen molar-refractivity contribution < 1.29 is 9.59 Å². The number of aromatic nitrogens is 2. The monoisotopic (exact) mass is 462 g/mol. The highest BCUT2D eigenvalue weighted by molar-refractivity contribution is 6.10. The maximum atomic E-state index is 14.3. The molecule has 2 bridgehead atoms.